The smallest absolute Gasteiger partial charge is 0.297 e. The number of rotatable bonds is 9. The molecule has 0 bridgehead atoms. The van der Waals surface area contributed by atoms with E-state index in [1.165, 1.54) is 12.1 Å². The molecular weight excluding hydrogens is 517 g/mol. The van der Waals surface area contributed by atoms with Gasteiger partial charge in [0.2, 0.25) is 0 Å². The van der Waals surface area contributed by atoms with Gasteiger partial charge in [-0.25, -0.2) is 0 Å². The molecule has 1 aliphatic rings. The third-order valence-corrected chi connectivity index (χ3v) is 8.33. The minimum absolute atomic E-state index is 0. The van der Waals surface area contributed by atoms with Gasteiger partial charge in [-0.2, -0.15) is 8.42 Å². The first-order valence-corrected chi connectivity index (χ1v) is 13.7. The van der Waals surface area contributed by atoms with Gasteiger partial charge in [0, 0.05) is 29.1 Å². The molecule has 3 atom stereocenters. The lowest BCUT2D eigenvalue weighted by Crippen LogP contribution is -2.45. The summed E-state index contributed by atoms with van der Waals surface area (Å²) in [5, 5.41) is 0.462. The molecule has 8 heteroatoms. The predicted octanol–water partition coefficient (Wildman–Crippen LogP) is 6.72. The molecule has 1 saturated heterocycles. The van der Waals surface area contributed by atoms with Crippen LogP contribution >= 0.6 is 24.0 Å². The lowest BCUT2D eigenvalue weighted by atomic mass is 9.88. The fourth-order valence-electron chi connectivity index (χ4n) is 4.74. The molecule has 4 rings (SSSR count). The predicted molar refractivity (Wildman–Crippen MR) is 145 cm³/mol. The second-order valence-electron chi connectivity index (χ2n) is 9.04. The summed E-state index contributed by atoms with van der Waals surface area (Å²) in [6.07, 6.45) is 3.13. The number of halogens is 2. The van der Waals surface area contributed by atoms with Crippen molar-refractivity contribution in [3.8, 4) is 0 Å². The monoisotopic (exact) mass is 547 g/mol. The van der Waals surface area contributed by atoms with E-state index in [1.807, 2.05) is 67.7 Å². The van der Waals surface area contributed by atoms with Gasteiger partial charge in [-0.3, -0.25) is 13.9 Å². The third-order valence-electron chi connectivity index (χ3n) is 6.75. The van der Waals surface area contributed by atoms with Gasteiger partial charge in [0.05, 0.1) is 4.90 Å². The van der Waals surface area contributed by atoms with Gasteiger partial charge in [-0.05, 0) is 56.1 Å². The number of Topliss-reactive ketones (excluding diaryl/α,β-unsaturated/α-hetero) is 1. The maximum absolute atomic E-state index is 13.1. The first kappa shape index (κ1) is 28.4. The highest BCUT2D eigenvalue weighted by Gasteiger charge is 2.33. The van der Waals surface area contributed by atoms with Crippen LogP contribution in [0.4, 0.5) is 0 Å². The van der Waals surface area contributed by atoms with E-state index in [0.29, 0.717) is 17.9 Å². The zero-order chi connectivity index (χ0) is 24.8. The Labute approximate surface area is 225 Å². The van der Waals surface area contributed by atoms with Crippen molar-refractivity contribution in [2.24, 2.45) is 0 Å². The summed E-state index contributed by atoms with van der Waals surface area (Å²) in [6.45, 7) is 0. The highest BCUT2D eigenvalue weighted by atomic mass is 35.5. The Morgan fingerprint density at radius 2 is 1.53 bits per heavy atom. The number of benzene rings is 3. The van der Waals surface area contributed by atoms with E-state index >= 15 is 0 Å². The van der Waals surface area contributed by atoms with Crippen LogP contribution in [-0.4, -0.2) is 38.2 Å². The first-order valence-electron chi connectivity index (χ1n) is 11.9. The van der Waals surface area contributed by atoms with Gasteiger partial charge >= 0.3 is 0 Å². The largest absolute Gasteiger partial charge is 0.300 e. The molecule has 3 aromatic carbocycles. The van der Waals surface area contributed by atoms with E-state index in [9.17, 15) is 13.2 Å². The molecular formula is C28H31Cl2NO4S. The van der Waals surface area contributed by atoms with Gasteiger partial charge in [0.1, 0.15) is 6.10 Å². The normalized spacial score (nSPS) is 19.3. The van der Waals surface area contributed by atoms with Crippen molar-refractivity contribution in [3.63, 3.8) is 0 Å². The second-order valence-corrected chi connectivity index (χ2v) is 11.0. The average Bonchev–Trinajstić information content (AvgIpc) is 2.87. The summed E-state index contributed by atoms with van der Waals surface area (Å²) in [5.74, 6) is 0.129. The van der Waals surface area contributed by atoms with Crippen LogP contribution in [0.25, 0.3) is 0 Å². The second kappa shape index (κ2) is 12.8. The summed E-state index contributed by atoms with van der Waals surface area (Å²) in [5.41, 5.74) is 1.53. The van der Waals surface area contributed by atoms with Crippen molar-refractivity contribution in [2.45, 2.75) is 55.2 Å². The highest BCUT2D eigenvalue weighted by Crippen LogP contribution is 2.34. The molecule has 0 aliphatic carbocycles. The van der Waals surface area contributed by atoms with E-state index in [1.54, 1.807) is 12.1 Å². The van der Waals surface area contributed by atoms with Crippen molar-refractivity contribution in [1.29, 1.82) is 0 Å². The topological polar surface area (TPSA) is 63.7 Å². The van der Waals surface area contributed by atoms with Gasteiger partial charge in [-0.15, -0.1) is 12.4 Å². The quantitative estimate of drug-likeness (QED) is 0.219. The van der Waals surface area contributed by atoms with Crippen LogP contribution < -0.4 is 0 Å². The fourth-order valence-corrected chi connectivity index (χ4v) is 5.94. The number of piperidine rings is 1. The van der Waals surface area contributed by atoms with E-state index in [0.717, 1.165) is 30.4 Å². The van der Waals surface area contributed by atoms with Gasteiger partial charge in [-0.1, -0.05) is 78.7 Å². The molecule has 0 spiro atoms. The zero-order valence-corrected chi connectivity index (χ0v) is 22.5. The van der Waals surface area contributed by atoms with E-state index < -0.39 is 16.2 Å². The summed E-state index contributed by atoms with van der Waals surface area (Å²) >= 11 is 5.93. The number of hydrogen-bond donors (Lipinski definition) is 0. The number of likely N-dealkylation sites (tertiary alicyclic amines) is 1. The maximum atomic E-state index is 13.1. The molecule has 0 radical (unpaired) electrons. The summed E-state index contributed by atoms with van der Waals surface area (Å²) in [4.78, 5) is 15.1. The molecule has 0 saturated carbocycles. The van der Waals surface area contributed by atoms with Crippen molar-refractivity contribution in [1.82, 2.24) is 4.90 Å². The van der Waals surface area contributed by atoms with Gasteiger partial charge in [0.25, 0.3) is 10.1 Å². The van der Waals surface area contributed by atoms with E-state index in [-0.39, 0.29) is 35.2 Å². The molecule has 3 unspecified atom stereocenters. The average molecular weight is 549 g/mol. The van der Waals surface area contributed by atoms with Crippen molar-refractivity contribution >= 4 is 39.9 Å². The number of hydrogen-bond acceptors (Lipinski definition) is 5. The SMILES string of the molecule is CN1C(CC(=O)c2ccccc2)CCCC1CC(OS(=O)(=O)c1ccc(Cl)cc1)c1ccccc1.Cl. The highest BCUT2D eigenvalue weighted by molar-refractivity contribution is 7.86. The van der Waals surface area contributed by atoms with Crippen molar-refractivity contribution in [3.05, 3.63) is 101 Å². The maximum Gasteiger partial charge on any atom is 0.297 e. The molecule has 5 nitrogen and oxygen atoms in total. The van der Waals surface area contributed by atoms with Crippen LogP contribution in [0, 0.1) is 0 Å². The summed E-state index contributed by atoms with van der Waals surface area (Å²) in [7, 11) is -1.96. The molecule has 1 aliphatic heterocycles. The summed E-state index contributed by atoms with van der Waals surface area (Å²) in [6, 6.07) is 25.0. The Balaban J connectivity index is 0.00000361. The van der Waals surface area contributed by atoms with E-state index in [4.69, 9.17) is 15.8 Å². The van der Waals surface area contributed by atoms with Gasteiger partial charge in [0.15, 0.2) is 5.78 Å². The molecule has 0 N–H and O–H groups in total. The van der Waals surface area contributed by atoms with Crippen LogP contribution in [0.3, 0.4) is 0 Å². The first-order chi connectivity index (χ1) is 16.8. The van der Waals surface area contributed by atoms with Crippen LogP contribution in [0.2, 0.25) is 5.02 Å². The molecule has 36 heavy (non-hydrogen) atoms. The minimum Gasteiger partial charge on any atom is -0.300 e. The molecule has 1 heterocycles. The number of ketones is 1. The molecule has 0 amide bonds. The van der Waals surface area contributed by atoms with Crippen LogP contribution in [0.15, 0.2) is 89.8 Å². The van der Waals surface area contributed by atoms with Crippen LogP contribution in [-0.2, 0) is 14.3 Å². The number of nitrogens with zero attached hydrogens (tertiary/aromatic N) is 1. The Kier molecular flexibility index (Phi) is 10.1. The summed E-state index contributed by atoms with van der Waals surface area (Å²) < 4.78 is 32.0. The number of carbonyl (C=O) groups excluding carboxylic acids is 1. The minimum atomic E-state index is -3.99. The zero-order valence-electron chi connectivity index (χ0n) is 20.1. The molecule has 0 aromatic heterocycles. The Bertz CT molecular complexity index is 1220. The Morgan fingerprint density at radius 1 is 0.944 bits per heavy atom. The van der Waals surface area contributed by atoms with Crippen LogP contribution in [0.5, 0.6) is 0 Å². The Morgan fingerprint density at radius 3 is 2.17 bits per heavy atom. The lowest BCUT2D eigenvalue weighted by Gasteiger charge is -2.40. The van der Waals surface area contributed by atoms with Crippen molar-refractivity contribution in [2.75, 3.05) is 7.05 Å². The Hall–Kier alpha value is -2.22. The van der Waals surface area contributed by atoms with Crippen molar-refractivity contribution < 1.29 is 17.4 Å². The molecule has 192 valence electrons. The van der Waals surface area contributed by atoms with Gasteiger partial charge < -0.3 is 0 Å². The third kappa shape index (κ3) is 7.17. The van der Waals surface area contributed by atoms with Crippen LogP contribution in [0.1, 0.15) is 54.1 Å². The lowest BCUT2D eigenvalue weighted by molar-refractivity contribution is 0.0626. The molecule has 1 fully saturated rings. The van der Waals surface area contributed by atoms with E-state index in [2.05, 4.69) is 4.90 Å². The molecule has 3 aromatic rings. The fraction of sp³-hybridized carbons (Fsp3) is 0.321. The number of carbonyl (C=O) groups is 1. The standard InChI is InChI=1S/C28H30ClNO4S.ClH/c1-30-24(19-27(31)21-9-4-2-5-10-21)13-8-14-25(30)20-28(22-11-6-3-7-12-22)34-35(32,33)26-17-15-23(29)16-18-26;/h2-7,9-12,15-18,24-25,28H,8,13-14,19-20H2,1H3;1H.